The van der Waals surface area contributed by atoms with E-state index in [0.29, 0.717) is 42.2 Å². The highest BCUT2D eigenvalue weighted by Gasteiger charge is 2.23. The van der Waals surface area contributed by atoms with Gasteiger partial charge in [0, 0.05) is 37.5 Å². The lowest BCUT2D eigenvalue weighted by atomic mass is 10.0. The molecule has 0 atom stereocenters. The molecule has 0 spiro atoms. The number of ketones is 1. The Kier molecular flexibility index (Phi) is 7.53. The number of rotatable bonds is 9. The second kappa shape index (κ2) is 11.0. The number of aromatic amines is 1. The van der Waals surface area contributed by atoms with Crippen LogP contribution in [0.4, 0.5) is 20.3 Å². The van der Waals surface area contributed by atoms with Crippen LogP contribution in [0.5, 0.6) is 0 Å². The number of hydrogen-bond acceptors (Lipinski definition) is 8. The number of carbonyl (C=O) groups excluding carboxylic acids is 1. The summed E-state index contributed by atoms with van der Waals surface area (Å²) in [6.07, 6.45) is 3.07. The Morgan fingerprint density at radius 2 is 1.92 bits per heavy atom. The van der Waals surface area contributed by atoms with Crippen LogP contribution in [0.25, 0.3) is 22.6 Å². The zero-order valence-corrected chi connectivity index (χ0v) is 21.9. The normalized spacial score (nSPS) is 14.1. The molecule has 0 saturated carbocycles. The number of aromatic nitrogens is 4. The Morgan fingerprint density at radius 1 is 1.13 bits per heavy atom. The molecule has 13 heteroatoms. The quantitative estimate of drug-likeness (QED) is 0.299. The molecule has 0 amide bonds. The van der Waals surface area contributed by atoms with Crippen molar-refractivity contribution < 1.29 is 26.7 Å². The molecule has 204 valence electrons. The fourth-order valence-electron chi connectivity index (χ4n) is 4.33. The van der Waals surface area contributed by atoms with Gasteiger partial charge in [-0.3, -0.25) is 9.52 Å². The molecule has 2 N–H and O–H groups in total. The van der Waals surface area contributed by atoms with Crippen molar-refractivity contribution in [2.24, 2.45) is 0 Å². The predicted molar refractivity (Wildman–Crippen MR) is 142 cm³/mol. The van der Waals surface area contributed by atoms with Gasteiger partial charge in [0.2, 0.25) is 10.0 Å². The van der Waals surface area contributed by atoms with Crippen molar-refractivity contribution in [3.63, 3.8) is 0 Å². The summed E-state index contributed by atoms with van der Waals surface area (Å²) in [6.45, 7) is 4.52. The predicted octanol–water partition coefficient (Wildman–Crippen LogP) is 3.71. The Hall–Kier alpha value is -3.97. The Labute approximate surface area is 223 Å². The second-order valence-corrected chi connectivity index (χ2v) is 11.0. The van der Waals surface area contributed by atoms with Gasteiger partial charge in [-0.15, -0.1) is 0 Å². The van der Waals surface area contributed by atoms with Gasteiger partial charge in [0.05, 0.1) is 35.7 Å². The first kappa shape index (κ1) is 26.6. The van der Waals surface area contributed by atoms with Gasteiger partial charge in [-0.2, -0.15) is 0 Å². The van der Waals surface area contributed by atoms with Crippen molar-refractivity contribution in [3.05, 3.63) is 65.5 Å². The van der Waals surface area contributed by atoms with Crippen molar-refractivity contribution in [3.8, 4) is 11.4 Å². The number of hydrogen-bond donors (Lipinski definition) is 2. The summed E-state index contributed by atoms with van der Waals surface area (Å²) < 4.78 is 61.0. The van der Waals surface area contributed by atoms with Crippen LogP contribution in [0.2, 0.25) is 0 Å². The largest absolute Gasteiger partial charge is 0.378 e. The summed E-state index contributed by atoms with van der Waals surface area (Å²) in [6, 6.07) is 7.26. The monoisotopic (exact) mass is 556 g/mol. The van der Waals surface area contributed by atoms with E-state index in [1.807, 2.05) is 12.1 Å². The zero-order valence-electron chi connectivity index (χ0n) is 21.1. The Bertz CT molecular complexity index is 1620. The average molecular weight is 557 g/mol. The minimum Gasteiger partial charge on any atom is -0.378 e. The van der Waals surface area contributed by atoms with E-state index in [4.69, 9.17) is 4.74 Å². The van der Waals surface area contributed by atoms with Crippen LogP contribution in [0.15, 0.2) is 42.7 Å². The molecule has 39 heavy (non-hydrogen) atoms. The van der Waals surface area contributed by atoms with E-state index < -0.39 is 38.7 Å². The number of fused-ring (bicyclic) bond motifs is 1. The minimum atomic E-state index is -3.83. The molecule has 0 aliphatic carbocycles. The summed E-state index contributed by atoms with van der Waals surface area (Å²) in [5, 5.41) is 0. The molecule has 5 rings (SSSR count). The molecule has 10 nitrogen and oxygen atoms in total. The van der Waals surface area contributed by atoms with E-state index in [9.17, 15) is 17.6 Å². The molecule has 1 saturated heterocycles. The molecule has 3 aromatic heterocycles. The van der Waals surface area contributed by atoms with E-state index in [1.165, 1.54) is 6.20 Å². The number of sulfonamides is 1. The van der Waals surface area contributed by atoms with Gasteiger partial charge >= 0.3 is 0 Å². The molecule has 0 unspecified atom stereocenters. The molecule has 1 aliphatic heterocycles. The van der Waals surface area contributed by atoms with Gasteiger partial charge in [0.25, 0.3) is 0 Å². The third-order valence-electron chi connectivity index (χ3n) is 6.22. The molecule has 1 fully saturated rings. The first-order chi connectivity index (χ1) is 18.7. The van der Waals surface area contributed by atoms with Gasteiger partial charge in [0.1, 0.15) is 17.5 Å². The number of ether oxygens (including phenoxy) is 1. The fourth-order valence-corrected chi connectivity index (χ4v) is 5.46. The Morgan fingerprint density at radius 3 is 2.64 bits per heavy atom. The molecule has 0 radical (unpaired) electrons. The molecule has 4 heterocycles. The number of halogens is 2. The van der Waals surface area contributed by atoms with E-state index in [0.717, 1.165) is 36.6 Å². The maximum atomic E-state index is 15.0. The molecular formula is C26H26F2N6O4S. The van der Waals surface area contributed by atoms with Gasteiger partial charge < -0.3 is 14.6 Å². The lowest BCUT2D eigenvalue weighted by Gasteiger charge is -2.27. The number of nitrogens with zero attached hydrogens (tertiary/aromatic N) is 4. The van der Waals surface area contributed by atoms with Crippen molar-refractivity contribution in [1.29, 1.82) is 0 Å². The Balaban J connectivity index is 1.35. The van der Waals surface area contributed by atoms with Crippen LogP contribution in [0.1, 0.15) is 29.3 Å². The lowest BCUT2D eigenvalue weighted by molar-refractivity contribution is 0.0985. The van der Waals surface area contributed by atoms with E-state index in [2.05, 4.69) is 29.6 Å². The zero-order chi connectivity index (χ0) is 27.6. The highest BCUT2D eigenvalue weighted by molar-refractivity contribution is 7.92. The van der Waals surface area contributed by atoms with Crippen LogP contribution in [0.3, 0.4) is 0 Å². The van der Waals surface area contributed by atoms with Crippen LogP contribution in [-0.2, 0) is 21.2 Å². The smallest absolute Gasteiger partial charge is 0.232 e. The number of anilines is 2. The maximum Gasteiger partial charge on any atom is 0.232 e. The number of morpholine rings is 1. The van der Waals surface area contributed by atoms with Crippen molar-refractivity contribution in [2.75, 3.05) is 41.7 Å². The number of benzene rings is 1. The van der Waals surface area contributed by atoms with Crippen LogP contribution < -0.4 is 9.62 Å². The van der Waals surface area contributed by atoms with Crippen LogP contribution in [-0.4, -0.2) is 66.2 Å². The summed E-state index contributed by atoms with van der Waals surface area (Å²) in [5.41, 5.74) is 0.794. The number of Topliss-reactive ketones (excluding diaryl/α,β-unsaturated/α-hetero) is 1. The van der Waals surface area contributed by atoms with Gasteiger partial charge in [-0.05, 0) is 42.3 Å². The van der Waals surface area contributed by atoms with E-state index >= 15 is 4.39 Å². The summed E-state index contributed by atoms with van der Waals surface area (Å²) in [4.78, 5) is 31.5. The second-order valence-electron chi connectivity index (χ2n) is 9.11. The van der Waals surface area contributed by atoms with E-state index in [1.54, 1.807) is 19.2 Å². The number of H-pyrrole nitrogens is 1. The average Bonchev–Trinajstić information content (AvgIpc) is 3.34. The molecule has 4 aromatic rings. The topological polar surface area (TPSA) is 130 Å². The molecule has 0 bridgehead atoms. The molecule has 1 aliphatic rings. The lowest BCUT2D eigenvalue weighted by Crippen LogP contribution is -2.36. The summed E-state index contributed by atoms with van der Waals surface area (Å²) in [7, 11) is -3.83. The number of carbonyl (C=O) groups is 1. The van der Waals surface area contributed by atoms with Gasteiger partial charge in [0.15, 0.2) is 17.2 Å². The van der Waals surface area contributed by atoms with Gasteiger partial charge in [-0.1, -0.05) is 6.92 Å². The first-order valence-electron chi connectivity index (χ1n) is 12.4. The SMILES string of the molecule is CCCS(=O)(=O)Nc1ccc(F)c(C(=O)Cc2cnc3nc(-c4ccc(N5CCOCC5)nc4)[nH]c3c2)c1F. The van der Waals surface area contributed by atoms with Crippen molar-refractivity contribution in [2.45, 2.75) is 19.8 Å². The standard InChI is InChI=1S/C26H26F2N6O4S/c1-2-11-39(36,37)33-19-5-4-18(27)23(24(19)28)21(35)13-16-12-20-26(30-14-16)32-25(31-20)17-3-6-22(29-15-17)34-7-9-38-10-8-34/h3-6,12,14-15,33H,2,7-11,13H2,1H3,(H,30,31,32). The van der Waals surface area contributed by atoms with Crippen molar-refractivity contribution in [1.82, 2.24) is 19.9 Å². The van der Waals surface area contributed by atoms with Crippen molar-refractivity contribution >= 4 is 38.5 Å². The third kappa shape index (κ3) is 5.88. The number of pyridine rings is 2. The van der Waals surface area contributed by atoms with Crippen LogP contribution in [0, 0.1) is 11.6 Å². The van der Waals surface area contributed by atoms with E-state index in [-0.39, 0.29) is 12.2 Å². The number of imidazole rings is 1. The fraction of sp³-hybridized carbons (Fsp3) is 0.308. The first-order valence-corrected chi connectivity index (χ1v) is 14.0. The minimum absolute atomic E-state index is 0.237. The summed E-state index contributed by atoms with van der Waals surface area (Å²) >= 11 is 0. The summed E-state index contributed by atoms with van der Waals surface area (Å²) in [5.74, 6) is -2.05. The molecule has 1 aromatic carbocycles. The third-order valence-corrected chi connectivity index (χ3v) is 7.70. The van der Waals surface area contributed by atoms with Gasteiger partial charge in [-0.25, -0.2) is 32.2 Å². The van der Waals surface area contributed by atoms with Crippen LogP contribution >= 0.6 is 0 Å². The maximum absolute atomic E-state index is 15.0. The highest BCUT2D eigenvalue weighted by atomic mass is 32.2. The highest BCUT2D eigenvalue weighted by Crippen LogP contribution is 2.25. The number of nitrogens with one attached hydrogen (secondary N) is 2. The molecular weight excluding hydrogens is 530 g/mol.